The van der Waals surface area contributed by atoms with Crippen molar-refractivity contribution in [1.82, 2.24) is 9.78 Å². The summed E-state index contributed by atoms with van der Waals surface area (Å²) < 4.78 is 6.47. The first-order chi connectivity index (χ1) is 5.76. The van der Waals surface area contributed by atoms with Crippen LogP contribution in [-0.4, -0.2) is 22.3 Å². The molecule has 0 saturated carbocycles. The minimum Gasteiger partial charge on any atom is -0.493 e. The summed E-state index contributed by atoms with van der Waals surface area (Å²) in [6.07, 6.45) is 3.26. The van der Waals surface area contributed by atoms with E-state index in [4.69, 9.17) is 21.6 Å². The Kier molecular flexibility index (Phi) is 2.94. The molecule has 5 heteroatoms. The fourth-order valence-electron chi connectivity index (χ4n) is 0.755. The van der Waals surface area contributed by atoms with Crippen molar-refractivity contribution in [3.05, 3.63) is 12.4 Å². The SMILES string of the molecule is COc1cnn(CC(Cl)C#N)c1. The Bertz CT molecular complexity index is 291. The van der Waals surface area contributed by atoms with Gasteiger partial charge in [0.05, 0.1) is 32.1 Å². The highest BCUT2D eigenvalue weighted by Gasteiger charge is 2.04. The molecule has 1 aromatic rings. The number of hydrogen-bond acceptors (Lipinski definition) is 3. The van der Waals surface area contributed by atoms with Gasteiger partial charge in [0, 0.05) is 0 Å². The van der Waals surface area contributed by atoms with Crippen LogP contribution in [0.15, 0.2) is 12.4 Å². The van der Waals surface area contributed by atoms with Crippen LogP contribution in [-0.2, 0) is 6.54 Å². The van der Waals surface area contributed by atoms with Crippen molar-refractivity contribution >= 4 is 11.6 Å². The molecule has 64 valence electrons. The van der Waals surface area contributed by atoms with Crippen LogP contribution in [0, 0.1) is 11.3 Å². The van der Waals surface area contributed by atoms with E-state index in [0.717, 1.165) is 0 Å². The Hall–Kier alpha value is -1.21. The maximum atomic E-state index is 8.41. The van der Waals surface area contributed by atoms with Gasteiger partial charge in [-0.25, -0.2) is 0 Å². The first kappa shape index (κ1) is 8.88. The predicted octanol–water partition coefficient (Wildman–Crippen LogP) is 1.02. The quantitative estimate of drug-likeness (QED) is 0.661. The number of nitrogens with zero attached hydrogens (tertiary/aromatic N) is 3. The zero-order chi connectivity index (χ0) is 8.97. The highest BCUT2D eigenvalue weighted by atomic mass is 35.5. The molecular formula is C7H8ClN3O. The smallest absolute Gasteiger partial charge is 0.156 e. The highest BCUT2D eigenvalue weighted by Crippen LogP contribution is 2.08. The van der Waals surface area contributed by atoms with Gasteiger partial charge >= 0.3 is 0 Å². The molecule has 0 bridgehead atoms. The van der Waals surface area contributed by atoms with Crippen molar-refractivity contribution in [2.45, 2.75) is 11.9 Å². The summed E-state index contributed by atoms with van der Waals surface area (Å²) in [5.41, 5.74) is 0. The molecule has 0 aliphatic rings. The van der Waals surface area contributed by atoms with E-state index in [9.17, 15) is 0 Å². The number of halogens is 1. The third kappa shape index (κ3) is 2.14. The number of hydrogen-bond donors (Lipinski definition) is 0. The summed E-state index contributed by atoms with van der Waals surface area (Å²) in [6, 6.07) is 1.90. The molecule has 0 N–H and O–H groups in total. The van der Waals surface area contributed by atoms with E-state index in [2.05, 4.69) is 5.10 Å². The molecule has 4 nitrogen and oxygen atoms in total. The molecular weight excluding hydrogens is 178 g/mol. The van der Waals surface area contributed by atoms with E-state index in [1.807, 2.05) is 6.07 Å². The molecule has 0 radical (unpaired) electrons. The molecule has 0 aliphatic carbocycles. The van der Waals surface area contributed by atoms with E-state index in [1.165, 1.54) is 0 Å². The van der Waals surface area contributed by atoms with Crippen LogP contribution in [0.1, 0.15) is 0 Å². The van der Waals surface area contributed by atoms with Gasteiger partial charge in [-0.15, -0.1) is 11.6 Å². The van der Waals surface area contributed by atoms with Crippen molar-refractivity contribution in [2.24, 2.45) is 0 Å². The van der Waals surface area contributed by atoms with Gasteiger partial charge in [-0.3, -0.25) is 4.68 Å². The Balaban J connectivity index is 2.59. The van der Waals surface area contributed by atoms with Crippen molar-refractivity contribution in [2.75, 3.05) is 7.11 Å². The number of methoxy groups -OCH3 is 1. The monoisotopic (exact) mass is 185 g/mol. The van der Waals surface area contributed by atoms with Gasteiger partial charge < -0.3 is 4.74 Å². The Morgan fingerprint density at radius 2 is 2.67 bits per heavy atom. The van der Waals surface area contributed by atoms with E-state index in [1.54, 1.807) is 24.2 Å². The third-order valence-electron chi connectivity index (χ3n) is 1.33. The molecule has 1 heterocycles. The summed E-state index contributed by atoms with van der Waals surface area (Å²) in [7, 11) is 1.56. The van der Waals surface area contributed by atoms with E-state index < -0.39 is 5.38 Å². The second kappa shape index (κ2) is 3.98. The van der Waals surface area contributed by atoms with Crippen LogP contribution in [0.5, 0.6) is 5.75 Å². The molecule has 12 heavy (non-hydrogen) atoms. The maximum Gasteiger partial charge on any atom is 0.156 e. The largest absolute Gasteiger partial charge is 0.493 e. The standard InChI is InChI=1S/C7H8ClN3O/c1-12-7-3-10-11(5-7)4-6(8)2-9/h3,5-6H,4H2,1H3. The van der Waals surface area contributed by atoms with Crippen LogP contribution < -0.4 is 4.74 Å². The summed E-state index contributed by atoms with van der Waals surface area (Å²) in [5.74, 6) is 0.664. The summed E-state index contributed by atoms with van der Waals surface area (Å²) in [6.45, 7) is 0.376. The lowest BCUT2D eigenvalue weighted by molar-refractivity contribution is 0.414. The van der Waals surface area contributed by atoms with Crippen LogP contribution in [0.3, 0.4) is 0 Å². The lowest BCUT2D eigenvalue weighted by Crippen LogP contribution is -2.08. The number of alkyl halides is 1. The lowest BCUT2D eigenvalue weighted by atomic mass is 10.5. The molecule has 1 rings (SSSR count). The molecule has 1 aromatic heterocycles. The Labute approximate surface area is 75.3 Å². The summed E-state index contributed by atoms with van der Waals surface area (Å²) in [5, 5.41) is 11.8. The fraction of sp³-hybridized carbons (Fsp3) is 0.429. The number of aromatic nitrogens is 2. The third-order valence-corrected chi connectivity index (χ3v) is 1.57. The van der Waals surface area contributed by atoms with Crippen LogP contribution >= 0.6 is 11.6 Å². The van der Waals surface area contributed by atoms with E-state index in [-0.39, 0.29) is 0 Å². The van der Waals surface area contributed by atoms with Gasteiger partial charge in [-0.05, 0) is 0 Å². The minimum absolute atomic E-state index is 0.376. The number of ether oxygens (including phenoxy) is 1. The first-order valence-corrected chi connectivity index (χ1v) is 3.80. The fourth-order valence-corrected chi connectivity index (χ4v) is 0.896. The molecule has 1 unspecified atom stereocenters. The second-order valence-electron chi connectivity index (χ2n) is 2.20. The van der Waals surface area contributed by atoms with Gasteiger partial charge in [0.2, 0.25) is 0 Å². The van der Waals surface area contributed by atoms with Crippen molar-refractivity contribution in [3.8, 4) is 11.8 Å². The maximum absolute atomic E-state index is 8.41. The topological polar surface area (TPSA) is 50.8 Å². The van der Waals surface area contributed by atoms with Gasteiger partial charge in [0.15, 0.2) is 5.75 Å². The highest BCUT2D eigenvalue weighted by molar-refractivity contribution is 6.22. The van der Waals surface area contributed by atoms with Crippen molar-refractivity contribution in [1.29, 1.82) is 5.26 Å². The molecule has 0 aliphatic heterocycles. The van der Waals surface area contributed by atoms with Crippen molar-refractivity contribution < 1.29 is 4.74 Å². The Morgan fingerprint density at radius 1 is 1.92 bits per heavy atom. The molecule has 0 amide bonds. The zero-order valence-corrected chi connectivity index (χ0v) is 7.32. The van der Waals surface area contributed by atoms with E-state index >= 15 is 0 Å². The molecule has 1 atom stereocenters. The second-order valence-corrected chi connectivity index (χ2v) is 2.73. The predicted molar refractivity (Wildman–Crippen MR) is 44.0 cm³/mol. The van der Waals surface area contributed by atoms with E-state index in [0.29, 0.717) is 12.3 Å². The van der Waals surface area contributed by atoms with Gasteiger partial charge in [0.1, 0.15) is 5.38 Å². The summed E-state index contributed by atoms with van der Waals surface area (Å²) >= 11 is 5.59. The molecule has 0 saturated heterocycles. The van der Waals surface area contributed by atoms with Crippen LogP contribution in [0.4, 0.5) is 0 Å². The Morgan fingerprint density at radius 3 is 3.17 bits per heavy atom. The average molecular weight is 186 g/mol. The van der Waals surface area contributed by atoms with Crippen LogP contribution in [0.2, 0.25) is 0 Å². The van der Waals surface area contributed by atoms with Gasteiger partial charge in [-0.1, -0.05) is 0 Å². The minimum atomic E-state index is -0.547. The zero-order valence-electron chi connectivity index (χ0n) is 6.57. The number of nitriles is 1. The van der Waals surface area contributed by atoms with Gasteiger partial charge in [-0.2, -0.15) is 10.4 Å². The summed E-state index contributed by atoms with van der Waals surface area (Å²) in [4.78, 5) is 0. The van der Waals surface area contributed by atoms with Gasteiger partial charge in [0.25, 0.3) is 0 Å². The van der Waals surface area contributed by atoms with Crippen molar-refractivity contribution in [3.63, 3.8) is 0 Å². The van der Waals surface area contributed by atoms with Crippen LogP contribution in [0.25, 0.3) is 0 Å². The molecule has 0 fully saturated rings. The normalized spacial score (nSPS) is 12.1. The molecule has 0 spiro atoms. The first-order valence-electron chi connectivity index (χ1n) is 3.36. The molecule has 0 aromatic carbocycles. The lowest BCUT2D eigenvalue weighted by Gasteiger charge is -1.98. The average Bonchev–Trinajstić information content (AvgIpc) is 2.52. The number of rotatable bonds is 3.